The SMILES string of the molecule is c1ccc2c(c1)oc1cc3c4ccccc4n(-c4ccc(-c5ccc6nc(-c7ccc(-n8c9ccccc9c9cc%10oc%11ccccc%11c%10cc98)cc7)nc(-c7ccc(-n8c9ccccc9c9cc%10oc%11ccccc%11c%10cc98)cc7)c6c5)cc4)c3cc12. The topological polar surface area (TPSA) is 80.0 Å². The summed E-state index contributed by atoms with van der Waals surface area (Å²) in [4.78, 5) is 10.9. The van der Waals surface area contributed by atoms with E-state index in [9.17, 15) is 0 Å². The Morgan fingerprint density at radius 3 is 0.989 bits per heavy atom. The van der Waals surface area contributed by atoms with E-state index in [0.717, 1.165) is 171 Å². The predicted octanol–water partition coefficient (Wildman–Crippen LogP) is 21.6. The van der Waals surface area contributed by atoms with Gasteiger partial charge in [0.25, 0.3) is 0 Å². The molecule has 0 aliphatic rings. The van der Waals surface area contributed by atoms with Crippen LogP contribution in [0, 0.1) is 0 Å². The van der Waals surface area contributed by atoms with E-state index in [1.165, 1.54) is 16.2 Å². The number of para-hydroxylation sites is 6. The van der Waals surface area contributed by atoms with Crippen molar-refractivity contribution in [3.8, 4) is 50.8 Å². The third-order valence-electron chi connectivity index (χ3n) is 18.5. The molecule has 7 heterocycles. The number of aromatic nitrogens is 5. The minimum absolute atomic E-state index is 0.648. The summed E-state index contributed by atoms with van der Waals surface area (Å²) in [5, 5.41) is 14.5. The summed E-state index contributed by atoms with van der Waals surface area (Å²) in [7, 11) is 0. The summed E-state index contributed by atoms with van der Waals surface area (Å²) in [6.07, 6.45) is 0. The van der Waals surface area contributed by atoms with Gasteiger partial charge in [-0.1, -0.05) is 140 Å². The lowest BCUT2D eigenvalue weighted by Gasteiger charge is -2.14. The molecule has 0 fully saturated rings. The molecule has 7 aromatic heterocycles. The molecule has 0 saturated carbocycles. The summed E-state index contributed by atoms with van der Waals surface area (Å²) < 4.78 is 26.3. The van der Waals surface area contributed by atoms with Crippen LogP contribution in [0.5, 0.6) is 0 Å². The van der Waals surface area contributed by atoms with Crippen LogP contribution in [0.2, 0.25) is 0 Å². The molecule has 0 bridgehead atoms. The fourth-order valence-electron chi connectivity index (χ4n) is 14.4. The summed E-state index contributed by atoms with van der Waals surface area (Å²) in [5.74, 6) is 0.648. The van der Waals surface area contributed by atoms with Crippen molar-refractivity contribution in [1.82, 2.24) is 23.7 Å². The van der Waals surface area contributed by atoms with Gasteiger partial charge in [-0.2, -0.15) is 0 Å². The van der Waals surface area contributed by atoms with Gasteiger partial charge in [-0.25, -0.2) is 9.97 Å². The molecule has 0 amide bonds. The highest BCUT2D eigenvalue weighted by Gasteiger charge is 2.22. The van der Waals surface area contributed by atoms with Gasteiger partial charge in [0.15, 0.2) is 5.82 Å². The van der Waals surface area contributed by atoms with Crippen LogP contribution in [-0.2, 0) is 0 Å². The first-order valence-electron chi connectivity index (χ1n) is 29.8. The first-order valence-corrected chi connectivity index (χ1v) is 29.8. The zero-order valence-electron chi connectivity index (χ0n) is 46.9. The van der Waals surface area contributed by atoms with Crippen molar-refractivity contribution in [2.24, 2.45) is 0 Å². The molecule has 0 atom stereocenters. The quantitative estimate of drug-likeness (QED) is 0.166. The van der Waals surface area contributed by atoms with Crippen LogP contribution in [0.25, 0.3) is 193 Å². The highest BCUT2D eigenvalue weighted by Crippen LogP contribution is 2.43. The third-order valence-corrected chi connectivity index (χ3v) is 18.5. The van der Waals surface area contributed by atoms with E-state index in [2.05, 4.69) is 250 Å². The molecular weight excluding hydrogens is 1080 g/mol. The zero-order valence-corrected chi connectivity index (χ0v) is 46.9. The molecule has 20 rings (SSSR count). The standard InChI is InChI=1S/C80H45N5O3/c1-7-19-67-53(13-1)59-43-76-62(56-16-4-10-22-73(56)86-76)40-70(59)83(67)50-32-25-46(26-33-50)49-31-38-66-65(39-49)79(47-27-34-51(35-28-47)84-68-20-8-2-14-54(68)60-44-77-63(41-71(60)84)57-17-5-11-23-74(57)87-77)82-80(81-66)48-29-36-52(37-30-48)85-69-21-9-3-15-55(69)61-45-78-64(42-72(61)85)58-18-6-12-24-75(58)88-78/h1-45H. The van der Waals surface area contributed by atoms with E-state index in [-0.39, 0.29) is 0 Å². The second-order valence-electron chi connectivity index (χ2n) is 23.2. The molecule has 0 radical (unpaired) electrons. The monoisotopic (exact) mass is 1120 g/mol. The second-order valence-corrected chi connectivity index (χ2v) is 23.2. The van der Waals surface area contributed by atoms with Crippen molar-refractivity contribution in [2.75, 3.05) is 0 Å². The molecule has 13 aromatic carbocycles. The minimum atomic E-state index is 0.648. The molecule has 0 unspecified atom stereocenters. The van der Waals surface area contributed by atoms with Crippen LogP contribution >= 0.6 is 0 Å². The Balaban J connectivity index is 0.729. The van der Waals surface area contributed by atoms with Gasteiger partial charge in [0.05, 0.1) is 44.3 Å². The predicted molar refractivity (Wildman–Crippen MR) is 361 cm³/mol. The molecule has 20 aromatic rings. The first kappa shape index (κ1) is 47.4. The molecular formula is C80H45N5O3. The van der Waals surface area contributed by atoms with Gasteiger partial charge in [0, 0.05) is 98.2 Å². The van der Waals surface area contributed by atoms with Crippen molar-refractivity contribution >= 4 is 142 Å². The smallest absolute Gasteiger partial charge is 0.160 e. The number of hydrogen-bond donors (Lipinski definition) is 0. The average molecular weight is 1120 g/mol. The van der Waals surface area contributed by atoms with Crippen LogP contribution in [0.4, 0.5) is 0 Å². The van der Waals surface area contributed by atoms with Crippen LogP contribution in [-0.4, -0.2) is 23.7 Å². The van der Waals surface area contributed by atoms with Crippen LogP contribution in [0.1, 0.15) is 0 Å². The number of rotatable bonds is 6. The van der Waals surface area contributed by atoms with E-state index in [1.54, 1.807) is 0 Å². The first-order chi connectivity index (χ1) is 43.6. The van der Waals surface area contributed by atoms with Crippen molar-refractivity contribution in [3.05, 3.63) is 273 Å². The van der Waals surface area contributed by atoms with Gasteiger partial charge in [-0.3, -0.25) is 0 Å². The third kappa shape index (κ3) is 6.79. The van der Waals surface area contributed by atoms with Gasteiger partial charge in [-0.05, 0) is 145 Å². The summed E-state index contributed by atoms with van der Waals surface area (Å²) in [6.45, 7) is 0. The van der Waals surface area contributed by atoms with Gasteiger partial charge in [0.1, 0.15) is 33.5 Å². The lowest BCUT2D eigenvalue weighted by Crippen LogP contribution is -1.98. The summed E-state index contributed by atoms with van der Waals surface area (Å²) in [6, 6.07) is 97.4. The van der Waals surface area contributed by atoms with Crippen molar-refractivity contribution in [2.45, 2.75) is 0 Å². The van der Waals surface area contributed by atoms with E-state index in [4.69, 9.17) is 23.2 Å². The van der Waals surface area contributed by atoms with Gasteiger partial charge >= 0.3 is 0 Å². The number of nitrogens with zero attached hydrogens (tertiary/aromatic N) is 5. The van der Waals surface area contributed by atoms with E-state index >= 15 is 0 Å². The second kappa shape index (κ2) is 17.8. The fourth-order valence-corrected chi connectivity index (χ4v) is 14.4. The Morgan fingerprint density at radius 2 is 0.568 bits per heavy atom. The molecule has 0 aliphatic carbocycles. The van der Waals surface area contributed by atoms with Gasteiger partial charge in [-0.15, -0.1) is 0 Å². The lowest BCUT2D eigenvalue weighted by atomic mass is 9.99. The normalized spacial score (nSPS) is 12.3. The van der Waals surface area contributed by atoms with Gasteiger partial charge < -0.3 is 27.0 Å². The average Bonchev–Trinajstić information content (AvgIpc) is 1.81. The highest BCUT2D eigenvalue weighted by atomic mass is 16.3. The van der Waals surface area contributed by atoms with Crippen LogP contribution in [0.3, 0.4) is 0 Å². The summed E-state index contributed by atoms with van der Waals surface area (Å²) >= 11 is 0. The maximum atomic E-state index is 6.42. The van der Waals surface area contributed by atoms with Crippen molar-refractivity contribution in [1.29, 1.82) is 0 Å². The van der Waals surface area contributed by atoms with Crippen molar-refractivity contribution in [3.63, 3.8) is 0 Å². The van der Waals surface area contributed by atoms with Gasteiger partial charge in [0.2, 0.25) is 0 Å². The zero-order chi connectivity index (χ0) is 57.3. The number of furan rings is 3. The molecule has 88 heavy (non-hydrogen) atoms. The Kier molecular flexibility index (Phi) is 9.57. The number of benzene rings is 13. The van der Waals surface area contributed by atoms with E-state index in [0.29, 0.717) is 5.82 Å². The molecule has 8 heteroatoms. The fraction of sp³-hybridized carbons (Fsp3) is 0. The van der Waals surface area contributed by atoms with Crippen molar-refractivity contribution < 1.29 is 13.3 Å². The van der Waals surface area contributed by atoms with Crippen LogP contribution in [0.15, 0.2) is 286 Å². The lowest BCUT2D eigenvalue weighted by molar-refractivity contribution is 0.669. The molecule has 0 aliphatic heterocycles. The minimum Gasteiger partial charge on any atom is -0.456 e. The van der Waals surface area contributed by atoms with E-state index < -0.39 is 0 Å². The Morgan fingerprint density at radius 1 is 0.216 bits per heavy atom. The van der Waals surface area contributed by atoms with Crippen LogP contribution < -0.4 is 0 Å². The number of hydrogen-bond acceptors (Lipinski definition) is 5. The Hall–Kier alpha value is -12.0. The molecule has 0 saturated heterocycles. The largest absolute Gasteiger partial charge is 0.456 e. The molecule has 0 spiro atoms. The number of fused-ring (bicyclic) bond motifs is 19. The molecule has 408 valence electrons. The Bertz CT molecular complexity index is 6350. The molecule has 0 N–H and O–H groups in total. The maximum absolute atomic E-state index is 6.42. The maximum Gasteiger partial charge on any atom is 0.160 e. The Labute approximate surface area is 500 Å². The highest BCUT2D eigenvalue weighted by molar-refractivity contribution is 6.20. The summed E-state index contributed by atoms with van der Waals surface area (Å²) in [5.41, 5.74) is 21.0. The van der Waals surface area contributed by atoms with E-state index in [1.807, 2.05) is 36.4 Å². The molecule has 8 nitrogen and oxygen atoms in total.